The first-order valence-corrected chi connectivity index (χ1v) is 9.68. The molecule has 0 fully saturated rings. The Balaban J connectivity index is 1.80. The first-order chi connectivity index (χ1) is 13.4. The highest BCUT2D eigenvalue weighted by Gasteiger charge is 2.22. The standard InChI is InChI=1S/C23H32O5/c1-18-4-6-19(7-5-18)23(2,3)20-8-10-22(11-9-20)28-17-21(25)16-27-15-14-26-13-12-24/h4-11,21,24-25H,12-17H2,1-3H3. The van der Waals surface area contributed by atoms with E-state index in [4.69, 9.17) is 19.3 Å². The Morgan fingerprint density at radius 1 is 0.821 bits per heavy atom. The fourth-order valence-electron chi connectivity index (χ4n) is 2.85. The lowest BCUT2D eigenvalue weighted by Crippen LogP contribution is -2.24. The zero-order chi connectivity index (χ0) is 20.4. The highest BCUT2D eigenvalue weighted by molar-refractivity contribution is 5.40. The minimum Gasteiger partial charge on any atom is -0.491 e. The second-order valence-corrected chi connectivity index (χ2v) is 7.39. The van der Waals surface area contributed by atoms with Crippen molar-refractivity contribution in [2.75, 3.05) is 39.6 Å². The summed E-state index contributed by atoms with van der Waals surface area (Å²) in [5.41, 5.74) is 3.62. The monoisotopic (exact) mass is 388 g/mol. The molecule has 0 bridgehead atoms. The van der Waals surface area contributed by atoms with Gasteiger partial charge in [-0.3, -0.25) is 0 Å². The third kappa shape index (κ3) is 6.91. The zero-order valence-electron chi connectivity index (χ0n) is 17.1. The van der Waals surface area contributed by atoms with Crippen LogP contribution >= 0.6 is 0 Å². The van der Waals surface area contributed by atoms with Crippen LogP contribution in [0.2, 0.25) is 0 Å². The summed E-state index contributed by atoms with van der Waals surface area (Å²) in [6.45, 7) is 7.92. The third-order valence-corrected chi connectivity index (χ3v) is 4.71. The molecular formula is C23H32O5. The lowest BCUT2D eigenvalue weighted by molar-refractivity contribution is -0.0147. The van der Waals surface area contributed by atoms with Crippen LogP contribution in [-0.4, -0.2) is 56.0 Å². The van der Waals surface area contributed by atoms with Crippen molar-refractivity contribution < 1.29 is 24.4 Å². The van der Waals surface area contributed by atoms with Crippen molar-refractivity contribution >= 4 is 0 Å². The van der Waals surface area contributed by atoms with E-state index in [-0.39, 0.29) is 25.2 Å². The highest BCUT2D eigenvalue weighted by atomic mass is 16.5. The molecule has 2 N–H and O–H groups in total. The van der Waals surface area contributed by atoms with Crippen LogP contribution in [-0.2, 0) is 14.9 Å². The predicted octanol–water partition coefficient (Wildman–Crippen LogP) is 3.09. The minimum atomic E-state index is -0.707. The van der Waals surface area contributed by atoms with Crippen molar-refractivity contribution in [2.24, 2.45) is 0 Å². The van der Waals surface area contributed by atoms with Gasteiger partial charge in [-0.15, -0.1) is 0 Å². The van der Waals surface area contributed by atoms with E-state index < -0.39 is 6.10 Å². The van der Waals surface area contributed by atoms with Crippen LogP contribution in [0.4, 0.5) is 0 Å². The lowest BCUT2D eigenvalue weighted by atomic mass is 9.78. The van der Waals surface area contributed by atoms with E-state index in [1.165, 1.54) is 16.7 Å². The second-order valence-electron chi connectivity index (χ2n) is 7.39. The average Bonchev–Trinajstić information content (AvgIpc) is 2.69. The number of hydrogen-bond acceptors (Lipinski definition) is 5. The van der Waals surface area contributed by atoms with Crippen LogP contribution in [0.15, 0.2) is 48.5 Å². The maximum atomic E-state index is 9.94. The quantitative estimate of drug-likeness (QED) is 0.547. The fourth-order valence-corrected chi connectivity index (χ4v) is 2.85. The number of benzene rings is 2. The van der Waals surface area contributed by atoms with Crippen LogP contribution in [0.3, 0.4) is 0 Å². The van der Waals surface area contributed by atoms with E-state index >= 15 is 0 Å². The van der Waals surface area contributed by atoms with E-state index in [2.05, 4.69) is 57.2 Å². The van der Waals surface area contributed by atoms with Crippen LogP contribution in [0.25, 0.3) is 0 Å². The Hall–Kier alpha value is -1.92. The van der Waals surface area contributed by atoms with Crippen molar-refractivity contribution in [3.8, 4) is 5.75 Å². The van der Waals surface area contributed by atoms with Crippen LogP contribution in [0.1, 0.15) is 30.5 Å². The van der Waals surface area contributed by atoms with Gasteiger partial charge in [0.1, 0.15) is 18.5 Å². The molecule has 5 nitrogen and oxygen atoms in total. The zero-order valence-corrected chi connectivity index (χ0v) is 17.1. The van der Waals surface area contributed by atoms with Gasteiger partial charge in [0.05, 0.1) is 33.0 Å². The summed E-state index contributed by atoms with van der Waals surface area (Å²) in [7, 11) is 0. The Morgan fingerprint density at radius 3 is 2.00 bits per heavy atom. The van der Waals surface area contributed by atoms with E-state index in [1.54, 1.807) is 0 Å². The molecule has 0 amide bonds. The van der Waals surface area contributed by atoms with Gasteiger partial charge in [-0.2, -0.15) is 0 Å². The largest absolute Gasteiger partial charge is 0.491 e. The normalized spacial score (nSPS) is 12.8. The van der Waals surface area contributed by atoms with Gasteiger partial charge in [0, 0.05) is 5.41 Å². The molecule has 2 aromatic carbocycles. The molecule has 0 spiro atoms. The Labute approximate surface area is 167 Å². The maximum Gasteiger partial charge on any atom is 0.119 e. The summed E-state index contributed by atoms with van der Waals surface area (Å²) in [6.07, 6.45) is -0.707. The van der Waals surface area contributed by atoms with Crippen LogP contribution in [0.5, 0.6) is 5.75 Å². The summed E-state index contributed by atoms with van der Waals surface area (Å²) in [4.78, 5) is 0. The molecule has 5 heteroatoms. The number of aliphatic hydroxyl groups is 2. The van der Waals surface area contributed by atoms with Gasteiger partial charge in [-0.25, -0.2) is 0 Å². The molecule has 0 aliphatic rings. The molecule has 0 radical (unpaired) electrons. The topological polar surface area (TPSA) is 68.2 Å². The molecule has 1 atom stereocenters. The molecule has 0 saturated heterocycles. The van der Waals surface area contributed by atoms with Crippen LogP contribution < -0.4 is 4.74 Å². The Morgan fingerprint density at radius 2 is 1.39 bits per heavy atom. The maximum absolute atomic E-state index is 9.94. The van der Waals surface area contributed by atoms with E-state index in [9.17, 15) is 5.11 Å². The number of rotatable bonds is 12. The van der Waals surface area contributed by atoms with Crippen molar-refractivity contribution in [3.05, 3.63) is 65.2 Å². The molecule has 28 heavy (non-hydrogen) atoms. The van der Waals surface area contributed by atoms with Gasteiger partial charge in [0.2, 0.25) is 0 Å². The molecule has 154 valence electrons. The number of hydrogen-bond donors (Lipinski definition) is 2. The molecule has 0 saturated carbocycles. The average molecular weight is 389 g/mol. The molecular weight excluding hydrogens is 356 g/mol. The smallest absolute Gasteiger partial charge is 0.119 e. The van der Waals surface area contributed by atoms with Gasteiger partial charge in [-0.05, 0) is 30.2 Å². The van der Waals surface area contributed by atoms with Gasteiger partial charge < -0.3 is 24.4 Å². The van der Waals surface area contributed by atoms with Gasteiger partial charge >= 0.3 is 0 Å². The molecule has 0 aliphatic heterocycles. The summed E-state index contributed by atoms with van der Waals surface area (Å²) >= 11 is 0. The highest BCUT2D eigenvalue weighted by Crippen LogP contribution is 2.32. The summed E-state index contributed by atoms with van der Waals surface area (Å²) in [5.74, 6) is 0.716. The van der Waals surface area contributed by atoms with Gasteiger partial charge in [-0.1, -0.05) is 55.8 Å². The molecule has 2 aromatic rings. The van der Waals surface area contributed by atoms with E-state index in [0.717, 1.165) is 0 Å². The Bertz CT molecular complexity index is 679. The molecule has 0 aliphatic carbocycles. The number of ether oxygens (including phenoxy) is 3. The molecule has 0 aromatic heterocycles. The molecule has 2 rings (SSSR count). The van der Waals surface area contributed by atoms with Crippen molar-refractivity contribution in [1.29, 1.82) is 0 Å². The van der Waals surface area contributed by atoms with Gasteiger partial charge in [0.15, 0.2) is 0 Å². The van der Waals surface area contributed by atoms with Crippen molar-refractivity contribution in [1.82, 2.24) is 0 Å². The van der Waals surface area contributed by atoms with Gasteiger partial charge in [0.25, 0.3) is 0 Å². The lowest BCUT2D eigenvalue weighted by Gasteiger charge is -2.26. The van der Waals surface area contributed by atoms with Crippen LogP contribution in [0, 0.1) is 6.92 Å². The summed E-state index contributed by atoms with van der Waals surface area (Å²) in [5, 5.41) is 18.5. The SMILES string of the molecule is Cc1ccc(C(C)(C)c2ccc(OCC(O)COCCOCCO)cc2)cc1. The first kappa shape index (κ1) is 22.4. The van der Waals surface area contributed by atoms with Crippen molar-refractivity contribution in [3.63, 3.8) is 0 Å². The third-order valence-electron chi connectivity index (χ3n) is 4.71. The van der Waals surface area contributed by atoms with E-state index in [1.807, 2.05) is 12.1 Å². The second kappa shape index (κ2) is 11.2. The Kier molecular flexibility index (Phi) is 8.93. The van der Waals surface area contributed by atoms with Crippen molar-refractivity contribution in [2.45, 2.75) is 32.3 Å². The number of aryl methyl sites for hydroxylation is 1. The fraction of sp³-hybridized carbons (Fsp3) is 0.478. The first-order valence-electron chi connectivity index (χ1n) is 9.68. The summed E-state index contributed by atoms with van der Waals surface area (Å²) in [6, 6.07) is 16.6. The summed E-state index contributed by atoms with van der Waals surface area (Å²) < 4.78 is 16.1. The molecule has 1 unspecified atom stereocenters. The predicted molar refractivity (Wildman–Crippen MR) is 110 cm³/mol. The van der Waals surface area contributed by atoms with E-state index in [0.29, 0.717) is 25.6 Å². The molecule has 0 heterocycles. The minimum absolute atomic E-state index is 0.00252. The number of aliphatic hydroxyl groups excluding tert-OH is 2.